The molecule has 2 aliphatic rings. The van der Waals surface area contributed by atoms with Gasteiger partial charge in [0.2, 0.25) is 0 Å². The molecule has 0 unspecified atom stereocenters. The maximum absolute atomic E-state index is 3.11. The zero-order chi connectivity index (χ0) is 21.0. The van der Waals surface area contributed by atoms with Crippen LogP contribution in [0.2, 0.25) is 0 Å². The molecule has 0 fully saturated rings. The largest absolute Gasteiger partial charge is 0.210 e. The fourth-order valence-corrected chi connectivity index (χ4v) is 4.49. The second kappa shape index (κ2) is 16.3. The Bertz CT molecular complexity index is 907. The molecule has 0 nitrogen and oxygen atoms in total. The van der Waals surface area contributed by atoms with E-state index in [9.17, 15) is 0 Å². The topological polar surface area (TPSA) is 0 Å². The van der Waals surface area contributed by atoms with Crippen LogP contribution in [0.4, 0.5) is 0 Å². The van der Waals surface area contributed by atoms with Gasteiger partial charge >= 0.3 is 99.2 Å². The molecule has 3 heteroatoms. The summed E-state index contributed by atoms with van der Waals surface area (Å²) in [4.78, 5) is 0. The summed E-state index contributed by atoms with van der Waals surface area (Å²) in [6.07, 6.45) is 15.0. The van der Waals surface area contributed by atoms with Gasteiger partial charge < -0.3 is 24.8 Å². The van der Waals surface area contributed by atoms with Gasteiger partial charge in [0.25, 0.3) is 0 Å². The summed E-state index contributed by atoms with van der Waals surface area (Å²) in [7, 11) is 0. The number of fused-ring (bicyclic) bond motifs is 1. The Kier molecular flexibility index (Phi) is 14.5. The van der Waals surface area contributed by atoms with E-state index in [1.807, 2.05) is 0 Å². The normalized spacial score (nSPS) is 13.0. The van der Waals surface area contributed by atoms with Crippen LogP contribution in [-0.2, 0) is 37.1 Å². The number of halogens is 2. The van der Waals surface area contributed by atoms with Crippen LogP contribution in [0.1, 0.15) is 54.9 Å². The van der Waals surface area contributed by atoms with Crippen molar-refractivity contribution >= 4 is 3.21 Å². The molecule has 0 radical (unpaired) electrons. The minimum atomic E-state index is 0. The van der Waals surface area contributed by atoms with E-state index in [1.165, 1.54) is 69.8 Å². The van der Waals surface area contributed by atoms with Gasteiger partial charge in [-0.2, -0.15) is 29.3 Å². The zero-order valence-electron chi connectivity index (χ0n) is 18.7. The van der Waals surface area contributed by atoms with Crippen LogP contribution in [0, 0.1) is 6.08 Å². The van der Waals surface area contributed by atoms with E-state index in [2.05, 4.69) is 104 Å². The Labute approximate surface area is 221 Å². The predicted octanol–water partition coefficient (Wildman–Crippen LogP) is 1.18. The molecule has 0 saturated heterocycles. The van der Waals surface area contributed by atoms with Crippen LogP contribution in [0.5, 0.6) is 0 Å². The van der Waals surface area contributed by atoms with Crippen LogP contribution in [0.25, 0.3) is 0 Å². The zero-order valence-corrected chi connectivity index (χ0v) is 22.6. The van der Waals surface area contributed by atoms with Gasteiger partial charge in [-0.15, -0.1) is 6.42 Å². The van der Waals surface area contributed by atoms with Crippen molar-refractivity contribution in [3.8, 4) is 0 Å². The van der Waals surface area contributed by atoms with Gasteiger partial charge in [-0.1, -0.05) is 39.0 Å². The summed E-state index contributed by atoms with van der Waals surface area (Å²) < 4.78 is 1.42. The molecule has 5 rings (SSSR count). The van der Waals surface area contributed by atoms with Crippen molar-refractivity contribution in [2.45, 2.75) is 45.4 Å². The van der Waals surface area contributed by atoms with E-state index in [0.29, 0.717) is 0 Å². The molecule has 2 aliphatic carbocycles. The Hall–Kier alpha value is -1.40. The van der Waals surface area contributed by atoms with Gasteiger partial charge in [-0.25, -0.2) is 17.7 Å². The number of allylic oxidation sites excluding steroid dienone is 4. The number of benzene rings is 2. The minimum absolute atomic E-state index is 0. The molecule has 3 aromatic carbocycles. The second-order valence-electron chi connectivity index (χ2n) is 7.58. The van der Waals surface area contributed by atoms with Gasteiger partial charge in [0.15, 0.2) is 0 Å². The summed E-state index contributed by atoms with van der Waals surface area (Å²) in [6.45, 7) is 2.16. The summed E-state index contributed by atoms with van der Waals surface area (Å²) in [5.41, 5.74) is 7.29. The number of hydrogen-bond donors (Lipinski definition) is 0. The molecule has 0 atom stereocenters. The average Bonchev–Trinajstić information content (AvgIpc) is 3.52. The maximum Gasteiger partial charge on any atom is -0.0512 e. The Morgan fingerprint density at radius 2 is 1.47 bits per heavy atom. The quantitative estimate of drug-likeness (QED) is 0.438. The standard InChI is InChI=1S/C13H10.C9H11.C7H9.2ClH.Zr/c1-3-7-12(8-4-1)11-13-9-5-2-6-10-13;1-2-5-9-7-3-6-8(9)4-1;1-2-7-5-3-4-6-7;;;/h1-10H;3,6-7H,1-2,4-5H2;5-6H,2-3H2,1H3;2*1H;/q;2*-1;;;+2/p-2. The molecular formula is C29H30Cl2Zr-2. The summed E-state index contributed by atoms with van der Waals surface area (Å²) in [6, 6.07) is 27.8. The first-order chi connectivity index (χ1) is 14.8. The van der Waals surface area contributed by atoms with Crippen LogP contribution < -0.4 is 24.8 Å². The molecule has 0 aliphatic heterocycles. The fourth-order valence-electron chi connectivity index (χ4n) is 3.67. The van der Waals surface area contributed by atoms with Crippen molar-refractivity contribution < 1.29 is 49.0 Å². The van der Waals surface area contributed by atoms with E-state index in [0.717, 1.165) is 12.8 Å². The maximum atomic E-state index is 3.11. The third-order valence-corrected chi connectivity index (χ3v) is 6.87. The van der Waals surface area contributed by atoms with E-state index in [-0.39, 0.29) is 24.8 Å². The molecule has 3 aromatic rings. The number of hydrogen-bond acceptors (Lipinski definition) is 0. The van der Waals surface area contributed by atoms with Crippen molar-refractivity contribution in [3.05, 3.63) is 125 Å². The molecule has 166 valence electrons. The molecule has 0 aromatic heterocycles. The van der Waals surface area contributed by atoms with Gasteiger partial charge in [-0.05, 0) is 0 Å². The molecule has 0 spiro atoms. The van der Waals surface area contributed by atoms with Gasteiger partial charge in [-0.3, -0.25) is 6.08 Å². The van der Waals surface area contributed by atoms with Gasteiger partial charge in [0.05, 0.1) is 0 Å². The molecule has 0 amide bonds. The molecule has 0 heterocycles. The van der Waals surface area contributed by atoms with Gasteiger partial charge in [0.1, 0.15) is 0 Å². The molecule has 32 heavy (non-hydrogen) atoms. The fraction of sp³-hybridized carbons (Fsp3) is 0.241. The molecular weight excluding hydrogens is 510 g/mol. The Morgan fingerprint density at radius 1 is 0.875 bits per heavy atom. The van der Waals surface area contributed by atoms with Gasteiger partial charge in [0, 0.05) is 0 Å². The van der Waals surface area contributed by atoms with E-state index in [4.69, 9.17) is 0 Å². The van der Waals surface area contributed by atoms with Crippen LogP contribution in [0.15, 0.2) is 96.6 Å². The number of aryl methyl sites for hydroxylation is 2. The summed E-state index contributed by atoms with van der Waals surface area (Å²) in [5.74, 6) is 0. The van der Waals surface area contributed by atoms with E-state index in [1.54, 1.807) is 11.1 Å². The SMILES string of the molecule is CCC1=CC[C-]=C1.[Cl-].[Cl-].[Zr+2]=[C](c1ccccc1)c1ccccc1.c1cc2c([cH-]1)CCCC2. The Balaban J connectivity index is 0.000000248. The summed E-state index contributed by atoms with van der Waals surface area (Å²) >= 11 is 1.46. The summed E-state index contributed by atoms with van der Waals surface area (Å²) in [5, 5.41) is 0. The Morgan fingerprint density at radius 3 is 1.94 bits per heavy atom. The second-order valence-corrected chi connectivity index (χ2v) is 8.80. The smallest absolute Gasteiger partial charge is 0.0512 e. The first kappa shape index (κ1) is 28.6. The van der Waals surface area contributed by atoms with Crippen molar-refractivity contribution in [2.24, 2.45) is 0 Å². The molecule has 0 N–H and O–H groups in total. The van der Waals surface area contributed by atoms with Crippen molar-refractivity contribution in [2.75, 3.05) is 0 Å². The number of rotatable bonds is 3. The molecule has 0 bridgehead atoms. The average molecular weight is 541 g/mol. The van der Waals surface area contributed by atoms with Crippen LogP contribution in [-0.4, -0.2) is 3.21 Å². The van der Waals surface area contributed by atoms with Crippen molar-refractivity contribution in [1.82, 2.24) is 0 Å². The molecule has 0 saturated carbocycles. The van der Waals surface area contributed by atoms with Crippen molar-refractivity contribution in [1.29, 1.82) is 0 Å². The minimum Gasteiger partial charge on any atom is -0.210 e. The van der Waals surface area contributed by atoms with E-state index < -0.39 is 0 Å². The first-order valence-corrected chi connectivity index (χ1v) is 12.2. The van der Waals surface area contributed by atoms with Crippen molar-refractivity contribution in [3.63, 3.8) is 0 Å². The van der Waals surface area contributed by atoms with Crippen LogP contribution >= 0.6 is 0 Å². The predicted molar refractivity (Wildman–Crippen MR) is 126 cm³/mol. The first-order valence-electron chi connectivity index (χ1n) is 11.0. The van der Waals surface area contributed by atoms with E-state index >= 15 is 0 Å². The third-order valence-electron chi connectivity index (χ3n) is 5.45. The monoisotopic (exact) mass is 538 g/mol. The third kappa shape index (κ3) is 9.23. The van der Waals surface area contributed by atoms with Crippen LogP contribution in [0.3, 0.4) is 0 Å².